The largest absolute Gasteiger partial charge is 0.388 e. The Labute approximate surface area is 227 Å². The van der Waals surface area contributed by atoms with Gasteiger partial charge in [-0.05, 0) is 39.5 Å². The van der Waals surface area contributed by atoms with Crippen molar-refractivity contribution < 1.29 is 39.2 Å². The lowest BCUT2D eigenvalue weighted by Crippen LogP contribution is -2.57. The van der Waals surface area contributed by atoms with Gasteiger partial charge >= 0.3 is 6.03 Å². The number of carbonyl (C=O) groups is 3. The maximum absolute atomic E-state index is 12.6. The second-order valence-corrected chi connectivity index (χ2v) is 11.0. The highest BCUT2D eigenvalue weighted by Gasteiger charge is 2.42. The average Bonchev–Trinajstić information content (AvgIpc) is 2.80. The maximum Gasteiger partial charge on any atom is 0.312 e. The first-order valence-electron chi connectivity index (χ1n) is 13.5. The van der Waals surface area contributed by atoms with Crippen LogP contribution in [-0.2, 0) is 19.1 Å². The van der Waals surface area contributed by atoms with Crippen LogP contribution in [0.4, 0.5) is 4.79 Å². The lowest BCUT2D eigenvalue weighted by Gasteiger charge is -2.39. The van der Waals surface area contributed by atoms with Crippen LogP contribution in [0.15, 0.2) is 0 Å². The van der Waals surface area contributed by atoms with E-state index < -0.39 is 42.8 Å². The molecule has 0 bridgehead atoms. The summed E-state index contributed by atoms with van der Waals surface area (Å²) < 4.78 is 10.5. The molecule has 0 aliphatic carbocycles. The van der Waals surface area contributed by atoms with Gasteiger partial charge in [0.05, 0.1) is 24.3 Å². The molecule has 0 unspecified atom stereocenters. The third-order valence-electron chi connectivity index (χ3n) is 5.87. The van der Waals surface area contributed by atoms with Crippen molar-refractivity contribution in [3.8, 4) is 0 Å². The second-order valence-electron chi connectivity index (χ2n) is 11.0. The van der Waals surface area contributed by atoms with E-state index in [0.717, 1.165) is 0 Å². The van der Waals surface area contributed by atoms with Crippen molar-refractivity contribution in [2.45, 2.75) is 130 Å². The molecular weight excluding hydrogens is 496 g/mol. The third kappa shape index (κ3) is 13.3. The van der Waals surface area contributed by atoms with E-state index >= 15 is 0 Å². The Morgan fingerprint density at radius 2 is 1.53 bits per heavy atom. The second kappa shape index (κ2) is 17.7. The van der Waals surface area contributed by atoms with E-state index in [1.54, 1.807) is 20.8 Å². The number of ether oxygens (including phenoxy) is 2. The molecule has 1 aliphatic rings. The molecule has 1 heterocycles. The molecule has 1 aliphatic heterocycles. The molecule has 0 aromatic rings. The number of hydrogen-bond donors (Lipinski definition) is 7. The quantitative estimate of drug-likeness (QED) is 0.160. The standard InChI is InChI=1S/C17H34N4O3.C9H18O5/c1-10(2)14(20-12(5)6)16(23)21-13(15(22)11(3)4)8-7-9-19-17(18)24;1-4(2)13-9-8(12)7(11)6(10)5(3)14-9/h10-14,20H,7-9H2,1-6H3,(H,21,23)(H3,18,19,24);4-12H,1-3H3/t13-,14-;5-,6-,7+,8-,9-/m00/s1. The molecule has 3 amide bonds. The van der Waals surface area contributed by atoms with Gasteiger partial charge in [0.15, 0.2) is 12.1 Å². The van der Waals surface area contributed by atoms with Crippen LogP contribution in [-0.4, -0.2) is 94.5 Å². The number of nitrogens with two attached hydrogens (primary N) is 1. The van der Waals surface area contributed by atoms with E-state index in [2.05, 4.69) is 16.0 Å². The highest BCUT2D eigenvalue weighted by Crippen LogP contribution is 2.22. The summed E-state index contributed by atoms with van der Waals surface area (Å²) in [4.78, 5) is 35.7. The number of nitrogens with one attached hydrogen (secondary N) is 3. The SMILES string of the molecule is CC(C)N[C@H](C(=O)N[C@@H](CCCNC(N)=O)C(=O)C(C)C)C(C)C.CC(C)O[C@H]1O[C@@H](C)[C@H](O)[C@@H](O)[C@@H]1O. The number of Topliss-reactive ketones (excluding diaryl/α,β-unsaturated/α-hetero) is 1. The lowest BCUT2D eigenvalue weighted by atomic mass is 9.96. The molecule has 0 spiro atoms. The predicted molar refractivity (Wildman–Crippen MR) is 144 cm³/mol. The summed E-state index contributed by atoms with van der Waals surface area (Å²) in [6.07, 6.45) is -3.99. The molecule has 1 fully saturated rings. The Balaban J connectivity index is 0.000000824. The van der Waals surface area contributed by atoms with E-state index in [9.17, 15) is 29.7 Å². The summed E-state index contributed by atoms with van der Waals surface area (Å²) >= 11 is 0. The van der Waals surface area contributed by atoms with Crippen LogP contribution in [0, 0.1) is 11.8 Å². The summed E-state index contributed by atoms with van der Waals surface area (Å²) in [6.45, 7) is 17.1. The Kier molecular flexibility index (Phi) is 16.8. The zero-order valence-electron chi connectivity index (χ0n) is 24.4. The smallest absolute Gasteiger partial charge is 0.312 e. The predicted octanol–water partition coefficient (Wildman–Crippen LogP) is 0.406. The van der Waals surface area contributed by atoms with E-state index in [4.69, 9.17) is 15.2 Å². The summed E-state index contributed by atoms with van der Waals surface area (Å²) in [5.74, 6) is -0.233. The Bertz CT molecular complexity index is 719. The van der Waals surface area contributed by atoms with Gasteiger partial charge in [0.25, 0.3) is 0 Å². The first-order valence-corrected chi connectivity index (χ1v) is 13.5. The maximum atomic E-state index is 12.6. The first-order chi connectivity index (χ1) is 17.5. The van der Waals surface area contributed by atoms with Crippen LogP contribution in [0.5, 0.6) is 0 Å². The number of urea groups is 1. The van der Waals surface area contributed by atoms with Gasteiger partial charge in [0, 0.05) is 18.5 Å². The molecule has 1 saturated heterocycles. The molecule has 224 valence electrons. The molecule has 38 heavy (non-hydrogen) atoms. The van der Waals surface area contributed by atoms with Crippen LogP contribution < -0.4 is 21.7 Å². The zero-order valence-corrected chi connectivity index (χ0v) is 24.4. The fraction of sp³-hybridized carbons (Fsp3) is 0.885. The van der Waals surface area contributed by atoms with Crippen LogP contribution >= 0.6 is 0 Å². The Hall–Kier alpha value is -1.83. The number of hydrogen-bond acceptors (Lipinski definition) is 9. The molecule has 12 nitrogen and oxygen atoms in total. The van der Waals surface area contributed by atoms with Crippen molar-refractivity contribution in [3.63, 3.8) is 0 Å². The van der Waals surface area contributed by atoms with Crippen LogP contribution in [0.25, 0.3) is 0 Å². The van der Waals surface area contributed by atoms with Gasteiger partial charge in [-0.15, -0.1) is 0 Å². The van der Waals surface area contributed by atoms with Gasteiger partial charge in [-0.3, -0.25) is 9.59 Å². The normalized spacial score (nSPS) is 25.1. The number of amides is 3. The summed E-state index contributed by atoms with van der Waals surface area (Å²) in [5, 5.41) is 36.9. The Morgan fingerprint density at radius 1 is 0.947 bits per heavy atom. The molecular formula is C26H52N4O8. The lowest BCUT2D eigenvalue weighted by molar-refractivity contribution is -0.301. The van der Waals surface area contributed by atoms with Gasteiger partial charge in [0.2, 0.25) is 5.91 Å². The van der Waals surface area contributed by atoms with Crippen LogP contribution in [0.1, 0.15) is 75.2 Å². The fourth-order valence-electron chi connectivity index (χ4n) is 3.79. The number of aliphatic hydroxyl groups excluding tert-OH is 3. The molecule has 1 rings (SSSR count). The van der Waals surface area contributed by atoms with E-state index in [-0.39, 0.29) is 41.7 Å². The van der Waals surface area contributed by atoms with Crippen LogP contribution in [0.3, 0.4) is 0 Å². The van der Waals surface area contributed by atoms with Crippen molar-refractivity contribution >= 4 is 17.7 Å². The van der Waals surface area contributed by atoms with Gasteiger partial charge in [-0.25, -0.2) is 4.79 Å². The number of aliphatic hydroxyl groups is 3. The van der Waals surface area contributed by atoms with Gasteiger partial charge in [0.1, 0.15) is 18.3 Å². The zero-order chi connectivity index (χ0) is 29.7. The summed E-state index contributed by atoms with van der Waals surface area (Å²) in [6, 6.07) is -1.33. The van der Waals surface area contributed by atoms with E-state index in [0.29, 0.717) is 19.4 Å². The summed E-state index contributed by atoms with van der Waals surface area (Å²) in [5.41, 5.74) is 5.02. The number of carbonyl (C=O) groups excluding carboxylic acids is 3. The number of rotatable bonds is 13. The topological polar surface area (TPSA) is 192 Å². The van der Waals surface area contributed by atoms with E-state index in [1.807, 2.05) is 41.5 Å². The molecule has 0 radical (unpaired) electrons. The monoisotopic (exact) mass is 548 g/mol. The molecule has 8 N–H and O–H groups in total. The Morgan fingerprint density at radius 3 is 1.97 bits per heavy atom. The van der Waals surface area contributed by atoms with Crippen molar-refractivity contribution in [1.82, 2.24) is 16.0 Å². The van der Waals surface area contributed by atoms with Gasteiger partial charge < -0.3 is 46.5 Å². The molecule has 0 aromatic heterocycles. The first kappa shape index (κ1) is 36.2. The molecule has 7 atom stereocenters. The van der Waals surface area contributed by atoms with Gasteiger partial charge in [-0.2, -0.15) is 0 Å². The molecule has 0 aromatic carbocycles. The highest BCUT2D eigenvalue weighted by molar-refractivity contribution is 5.91. The number of primary amides is 1. The van der Waals surface area contributed by atoms with Crippen LogP contribution in [0.2, 0.25) is 0 Å². The van der Waals surface area contributed by atoms with Crippen molar-refractivity contribution in [1.29, 1.82) is 0 Å². The number of ketones is 1. The van der Waals surface area contributed by atoms with E-state index in [1.165, 1.54) is 0 Å². The minimum Gasteiger partial charge on any atom is -0.388 e. The van der Waals surface area contributed by atoms with Crippen molar-refractivity contribution in [2.24, 2.45) is 17.6 Å². The minimum absolute atomic E-state index is 0.00511. The third-order valence-corrected chi connectivity index (χ3v) is 5.87. The molecule has 0 saturated carbocycles. The minimum atomic E-state index is -1.22. The molecule has 12 heteroatoms. The van der Waals surface area contributed by atoms with Gasteiger partial charge in [-0.1, -0.05) is 41.5 Å². The van der Waals surface area contributed by atoms with Crippen molar-refractivity contribution in [2.75, 3.05) is 6.54 Å². The van der Waals surface area contributed by atoms with Crippen molar-refractivity contribution in [3.05, 3.63) is 0 Å². The average molecular weight is 549 g/mol. The summed E-state index contributed by atoms with van der Waals surface area (Å²) in [7, 11) is 0. The fourth-order valence-corrected chi connectivity index (χ4v) is 3.79. The highest BCUT2D eigenvalue weighted by atomic mass is 16.7.